The van der Waals surface area contributed by atoms with Gasteiger partial charge in [-0.2, -0.15) is 11.8 Å². The van der Waals surface area contributed by atoms with E-state index in [0.29, 0.717) is 18.5 Å². The van der Waals surface area contributed by atoms with Crippen molar-refractivity contribution in [2.24, 2.45) is 4.99 Å². The molecule has 1 aliphatic carbocycles. The lowest BCUT2D eigenvalue weighted by Gasteiger charge is -2.17. The minimum atomic E-state index is 0.520. The van der Waals surface area contributed by atoms with Gasteiger partial charge in [-0.1, -0.05) is 6.07 Å². The molecule has 0 radical (unpaired) electrons. The first-order chi connectivity index (χ1) is 10.2. The van der Waals surface area contributed by atoms with Crippen LogP contribution >= 0.6 is 11.8 Å². The molecular weight excluding hydrogens is 284 g/mol. The molecule has 2 atom stereocenters. The van der Waals surface area contributed by atoms with Gasteiger partial charge in [-0.05, 0) is 31.6 Å². The lowest BCUT2D eigenvalue weighted by atomic mass is 10.2. The molecule has 1 aliphatic rings. The van der Waals surface area contributed by atoms with Crippen molar-refractivity contribution in [3.8, 4) is 5.88 Å². The lowest BCUT2D eigenvalue weighted by molar-refractivity contribution is 0.396. The molecule has 0 bridgehead atoms. The quantitative estimate of drug-likeness (QED) is 0.644. The van der Waals surface area contributed by atoms with E-state index in [9.17, 15) is 0 Å². The summed E-state index contributed by atoms with van der Waals surface area (Å²) in [6.45, 7) is 0.634. The third-order valence-corrected chi connectivity index (χ3v) is 4.80. The molecule has 1 aromatic heterocycles. The molecular formula is C15H24N4OS. The van der Waals surface area contributed by atoms with Gasteiger partial charge in [0.05, 0.1) is 19.3 Å². The molecule has 1 fully saturated rings. The van der Waals surface area contributed by atoms with Gasteiger partial charge in [0.1, 0.15) is 0 Å². The van der Waals surface area contributed by atoms with E-state index in [0.717, 1.165) is 16.9 Å². The van der Waals surface area contributed by atoms with Crippen LogP contribution in [0.25, 0.3) is 0 Å². The zero-order chi connectivity index (χ0) is 15.1. The summed E-state index contributed by atoms with van der Waals surface area (Å²) in [6.07, 6.45) is 5.89. The summed E-state index contributed by atoms with van der Waals surface area (Å²) in [5.41, 5.74) is 0.936. The highest BCUT2D eigenvalue weighted by molar-refractivity contribution is 7.99. The van der Waals surface area contributed by atoms with Crippen LogP contribution in [0.1, 0.15) is 25.0 Å². The van der Waals surface area contributed by atoms with E-state index < -0.39 is 0 Å². The molecule has 116 valence electrons. The summed E-state index contributed by atoms with van der Waals surface area (Å²) >= 11 is 1.96. The first-order valence-corrected chi connectivity index (χ1v) is 8.54. The molecule has 6 heteroatoms. The number of hydrogen-bond acceptors (Lipinski definition) is 4. The molecule has 0 spiro atoms. The first-order valence-electron chi connectivity index (χ1n) is 7.25. The van der Waals surface area contributed by atoms with Crippen LogP contribution in [0.5, 0.6) is 5.88 Å². The second-order valence-electron chi connectivity index (χ2n) is 5.11. The van der Waals surface area contributed by atoms with Crippen molar-refractivity contribution >= 4 is 17.7 Å². The Morgan fingerprint density at radius 1 is 1.48 bits per heavy atom. The predicted molar refractivity (Wildman–Crippen MR) is 89.1 cm³/mol. The van der Waals surface area contributed by atoms with Gasteiger partial charge < -0.3 is 15.4 Å². The highest BCUT2D eigenvalue weighted by atomic mass is 32.2. The summed E-state index contributed by atoms with van der Waals surface area (Å²) in [5, 5.41) is 7.58. The normalized spacial score (nSPS) is 22.1. The zero-order valence-electron chi connectivity index (χ0n) is 12.9. The van der Waals surface area contributed by atoms with Crippen LogP contribution in [0.15, 0.2) is 23.2 Å². The molecule has 1 heterocycles. The van der Waals surface area contributed by atoms with Gasteiger partial charge in [0.25, 0.3) is 0 Å². The second-order valence-corrected chi connectivity index (χ2v) is 6.25. The third kappa shape index (κ3) is 4.81. The number of thioether (sulfide) groups is 1. The smallest absolute Gasteiger partial charge is 0.213 e. The number of ether oxygens (including phenoxy) is 1. The topological polar surface area (TPSA) is 58.5 Å². The number of nitrogens with zero attached hydrogens (tertiary/aromatic N) is 2. The monoisotopic (exact) mass is 308 g/mol. The molecule has 5 nitrogen and oxygen atoms in total. The third-order valence-electron chi connectivity index (χ3n) is 3.71. The van der Waals surface area contributed by atoms with Crippen LogP contribution in [0.2, 0.25) is 0 Å². The Labute approximate surface area is 131 Å². The fourth-order valence-electron chi connectivity index (χ4n) is 2.52. The van der Waals surface area contributed by atoms with Gasteiger partial charge in [-0.25, -0.2) is 4.98 Å². The Bertz CT molecular complexity index is 480. The zero-order valence-corrected chi connectivity index (χ0v) is 13.7. The molecule has 0 aliphatic heterocycles. The highest BCUT2D eigenvalue weighted by Crippen LogP contribution is 2.27. The van der Waals surface area contributed by atoms with Gasteiger partial charge in [0.2, 0.25) is 5.88 Å². The Balaban J connectivity index is 1.82. The molecule has 1 aromatic rings. The highest BCUT2D eigenvalue weighted by Gasteiger charge is 2.24. The summed E-state index contributed by atoms with van der Waals surface area (Å²) in [7, 11) is 3.43. The van der Waals surface area contributed by atoms with Crippen LogP contribution in [0.3, 0.4) is 0 Å². The fraction of sp³-hybridized carbons (Fsp3) is 0.600. The molecule has 21 heavy (non-hydrogen) atoms. The van der Waals surface area contributed by atoms with Crippen molar-refractivity contribution in [3.63, 3.8) is 0 Å². The largest absolute Gasteiger partial charge is 0.481 e. The fourth-order valence-corrected chi connectivity index (χ4v) is 3.31. The maximum atomic E-state index is 5.13. The predicted octanol–water partition coefficient (Wildman–Crippen LogP) is 2.04. The molecule has 2 N–H and O–H groups in total. The van der Waals surface area contributed by atoms with Gasteiger partial charge in [0.15, 0.2) is 5.96 Å². The average molecular weight is 308 g/mol. The van der Waals surface area contributed by atoms with Crippen LogP contribution in [0.4, 0.5) is 0 Å². The summed E-state index contributed by atoms with van der Waals surface area (Å²) in [5.74, 6) is 1.47. The molecule has 0 aromatic carbocycles. The molecule has 0 saturated heterocycles. The Hall–Kier alpha value is -1.43. The summed E-state index contributed by atoms with van der Waals surface area (Å²) in [6, 6.07) is 6.28. The number of aliphatic imine (C=N–C) groups is 1. The van der Waals surface area contributed by atoms with E-state index in [2.05, 4.69) is 26.9 Å². The van der Waals surface area contributed by atoms with Gasteiger partial charge in [-0.15, -0.1) is 0 Å². The molecule has 2 rings (SSSR count). The number of aromatic nitrogens is 1. The Morgan fingerprint density at radius 3 is 3.00 bits per heavy atom. The first kappa shape index (κ1) is 15.9. The van der Waals surface area contributed by atoms with Crippen molar-refractivity contribution in [3.05, 3.63) is 23.9 Å². The number of rotatable bonds is 5. The average Bonchev–Trinajstić information content (AvgIpc) is 2.99. The summed E-state index contributed by atoms with van der Waals surface area (Å²) in [4.78, 5) is 8.67. The lowest BCUT2D eigenvalue weighted by Crippen LogP contribution is -2.42. The van der Waals surface area contributed by atoms with Gasteiger partial charge in [-0.3, -0.25) is 4.99 Å². The van der Waals surface area contributed by atoms with Crippen LogP contribution < -0.4 is 15.4 Å². The molecule has 0 amide bonds. The number of guanidine groups is 1. The van der Waals surface area contributed by atoms with E-state index >= 15 is 0 Å². The van der Waals surface area contributed by atoms with Crippen molar-refractivity contribution < 1.29 is 4.74 Å². The standard InChI is InChI=1S/C15H24N4OS/c1-16-15(19-11-7-8-13(9-11)21-3)17-10-12-5-4-6-14(18-12)20-2/h4-6,11,13H,7-10H2,1-3H3,(H2,16,17,19). The van der Waals surface area contributed by atoms with Crippen molar-refractivity contribution in [2.45, 2.75) is 37.1 Å². The number of hydrogen-bond donors (Lipinski definition) is 2. The Morgan fingerprint density at radius 2 is 2.33 bits per heavy atom. The van der Waals surface area contributed by atoms with E-state index in [4.69, 9.17) is 4.74 Å². The van der Waals surface area contributed by atoms with Crippen LogP contribution in [-0.4, -0.2) is 42.6 Å². The summed E-state index contributed by atoms with van der Waals surface area (Å²) < 4.78 is 5.13. The van der Waals surface area contributed by atoms with Crippen molar-refractivity contribution in [1.82, 2.24) is 15.6 Å². The number of methoxy groups -OCH3 is 1. The van der Waals surface area contributed by atoms with E-state index in [-0.39, 0.29) is 0 Å². The maximum Gasteiger partial charge on any atom is 0.213 e. The van der Waals surface area contributed by atoms with E-state index in [1.165, 1.54) is 19.3 Å². The van der Waals surface area contributed by atoms with Crippen molar-refractivity contribution in [1.29, 1.82) is 0 Å². The number of nitrogens with one attached hydrogen (secondary N) is 2. The SMILES string of the molecule is CN=C(NCc1cccc(OC)n1)NC1CCC(SC)C1. The van der Waals surface area contributed by atoms with Gasteiger partial charge >= 0.3 is 0 Å². The van der Waals surface area contributed by atoms with Gasteiger partial charge in [0, 0.05) is 24.4 Å². The van der Waals surface area contributed by atoms with E-state index in [1.807, 2.05) is 30.0 Å². The van der Waals surface area contributed by atoms with Crippen molar-refractivity contribution in [2.75, 3.05) is 20.4 Å². The maximum absolute atomic E-state index is 5.13. The molecule has 2 unspecified atom stereocenters. The van der Waals surface area contributed by atoms with Crippen LogP contribution in [-0.2, 0) is 6.54 Å². The van der Waals surface area contributed by atoms with E-state index in [1.54, 1.807) is 14.2 Å². The number of pyridine rings is 1. The minimum absolute atomic E-state index is 0.520. The minimum Gasteiger partial charge on any atom is -0.481 e. The second kappa shape index (κ2) is 8.12. The van der Waals surface area contributed by atoms with Crippen LogP contribution in [0, 0.1) is 0 Å². The molecule has 1 saturated carbocycles. The Kier molecular flexibility index (Phi) is 6.17.